The third kappa shape index (κ3) is 3.46. The average molecular weight is 425 g/mol. The largest absolute Gasteiger partial charge is 0.496 e. The number of hydrogen-bond acceptors (Lipinski definition) is 1. The van der Waals surface area contributed by atoms with Gasteiger partial charge in [-0.05, 0) is 35.9 Å². The van der Waals surface area contributed by atoms with E-state index in [-0.39, 0.29) is 5.38 Å². The van der Waals surface area contributed by atoms with E-state index in [2.05, 4.69) is 31.9 Å². The van der Waals surface area contributed by atoms with E-state index in [1.165, 1.54) is 0 Å². The molecule has 2 aromatic rings. The summed E-state index contributed by atoms with van der Waals surface area (Å²) in [6, 6.07) is 11.4. The van der Waals surface area contributed by atoms with Crippen LogP contribution < -0.4 is 4.74 Å². The number of halogens is 4. The average Bonchev–Trinajstić information content (AvgIpc) is 2.38. The van der Waals surface area contributed by atoms with E-state index in [0.717, 1.165) is 25.8 Å². The molecule has 0 aliphatic rings. The van der Waals surface area contributed by atoms with Crippen molar-refractivity contribution >= 4 is 55.1 Å². The molecule has 0 bridgehead atoms. The summed E-state index contributed by atoms with van der Waals surface area (Å²) in [5, 5.41) is 0.254. The molecule has 0 radical (unpaired) electrons. The molecule has 0 amide bonds. The Balaban J connectivity index is 2.49. The van der Waals surface area contributed by atoms with Crippen molar-refractivity contribution in [3.05, 3.63) is 61.5 Å². The number of ether oxygens (including phenoxy) is 1. The minimum Gasteiger partial charge on any atom is -0.496 e. The van der Waals surface area contributed by atoms with Crippen LogP contribution in [0.2, 0.25) is 5.02 Å². The summed E-state index contributed by atoms with van der Waals surface area (Å²) < 4.78 is 7.22. The highest BCUT2D eigenvalue weighted by atomic mass is 79.9. The van der Waals surface area contributed by atoms with Crippen LogP contribution in [0.3, 0.4) is 0 Å². The van der Waals surface area contributed by atoms with Crippen molar-refractivity contribution in [1.29, 1.82) is 0 Å². The first-order chi connectivity index (χ1) is 9.02. The molecule has 100 valence electrons. The molecular formula is C14H10Br2Cl2O. The Kier molecular flexibility index (Phi) is 5.18. The van der Waals surface area contributed by atoms with Crippen LogP contribution in [0.15, 0.2) is 45.3 Å². The fourth-order valence-corrected chi connectivity index (χ4v) is 3.36. The molecule has 0 spiro atoms. The predicted octanol–water partition coefficient (Wildman–Crippen LogP) is 6.20. The maximum Gasteiger partial charge on any atom is 0.123 e. The molecule has 2 aromatic carbocycles. The van der Waals surface area contributed by atoms with Gasteiger partial charge in [0, 0.05) is 19.5 Å². The van der Waals surface area contributed by atoms with Crippen molar-refractivity contribution in [2.45, 2.75) is 5.38 Å². The van der Waals surface area contributed by atoms with E-state index in [4.69, 9.17) is 27.9 Å². The lowest BCUT2D eigenvalue weighted by Gasteiger charge is -2.16. The van der Waals surface area contributed by atoms with Gasteiger partial charge in [-0.1, -0.05) is 49.5 Å². The standard InChI is InChI=1S/C14H10Br2Cl2O/c1-19-13-5-3-8(15)6-11(13)14(18)10-4-2-9(16)7-12(10)17/h2-7,14H,1H3. The van der Waals surface area contributed by atoms with Gasteiger partial charge in [0.05, 0.1) is 12.5 Å². The summed E-state index contributed by atoms with van der Waals surface area (Å²) >= 11 is 19.6. The maximum atomic E-state index is 6.54. The van der Waals surface area contributed by atoms with Gasteiger partial charge in [0.2, 0.25) is 0 Å². The second kappa shape index (κ2) is 6.49. The molecule has 5 heteroatoms. The lowest BCUT2D eigenvalue weighted by Crippen LogP contribution is -1.98. The summed E-state index contributed by atoms with van der Waals surface area (Å²) in [6.07, 6.45) is 0. The van der Waals surface area contributed by atoms with E-state index < -0.39 is 0 Å². The first-order valence-electron chi connectivity index (χ1n) is 5.45. The van der Waals surface area contributed by atoms with E-state index >= 15 is 0 Å². The van der Waals surface area contributed by atoms with Crippen LogP contribution in [0.1, 0.15) is 16.5 Å². The van der Waals surface area contributed by atoms with Crippen molar-refractivity contribution in [3.63, 3.8) is 0 Å². The van der Waals surface area contributed by atoms with Crippen molar-refractivity contribution in [3.8, 4) is 5.75 Å². The van der Waals surface area contributed by atoms with Gasteiger partial charge in [-0.15, -0.1) is 11.6 Å². The normalized spacial score (nSPS) is 12.3. The molecule has 2 rings (SSSR count). The van der Waals surface area contributed by atoms with Gasteiger partial charge in [0.25, 0.3) is 0 Å². The van der Waals surface area contributed by atoms with Gasteiger partial charge in [-0.2, -0.15) is 0 Å². The lowest BCUT2D eigenvalue weighted by molar-refractivity contribution is 0.410. The molecule has 0 aliphatic carbocycles. The summed E-state index contributed by atoms with van der Waals surface area (Å²) in [6.45, 7) is 0. The van der Waals surface area contributed by atoms with Crippen molar-refractivity contribution in [2.24, 2.45) is 0 Å². The summed E-state index contributed by atoms with van der Waals surface area (Å²) in [7, 11) is 1.62. The third-order valence-electron chi connectivity index (χ3n) is 2.70. The number of methoxy groups -OCH3 is 1. The summed E-state index contributed by atoms with van der Waals surface area (Å²) in [4.78, 5) is 0. The smallest absolute Gasteiger partial charge is 0.123 e. The first-order valence-corrected chi connectivity index (χ1v) is 7.85. The molecule has 19 heavy (non-hydrogen) atoms. The molecule has 0 fully saturated rings. The minimum absolute atomic E-state index is 0.368. The number of alkyl halides is 1. The molecule has 0 saturated heterocycles. The molecule has 1 nitrogen and oxygen atoms in total. The fraction of sp³-hybridized carbons (Fsp3) is 0.143. The quantitative estimate of drug-likeness (QED) is 0.533. The Morgan fingerprint density at radius 2 is 1.63 bits per heavy atom. The van der Waals surface area contributed by atoms with Gasteiger partial charge < -0.3 is 4.74 Å². The topological polar surface area (TPSA) is 9.23 Å². The van der Waals surface area contributed by atoms with Gasteiger partial charge in [0.1, 0.15) is 5.75 Å². The first kappa shape index (κ1) is 15.2. The Hall–Kier alpha value is -0.220. The molecule has 0 heterocycles. The van der Waals surface area contributed by atoms with Crippen LogP contribution in [0.5, 0.6) is 5.75 Å². The van der Waals surface area contributed by atoms with Crippen molar-refractivity contribution < 1.29 is 4.74 Å². The van der Waals surface area contributed by atoms with Gasteiger partial charge >= 0.3 is 0 Å². The Bertz CT molecular complexity index is 602. The SMILES string of the molecule is COc1ccc(Br)cc1C(Cl)c1ccc(Br)cc1Cl. The number of rotatable bonds is 3. The highest BCUT2D eigenvalue weighted by Crippen LogP contribution is 2.40. The van der Waals surface area contributed by atoms with Crippen LogP contribution in [0.25, 0.3) is 0 Å². The van der Waals surface area contributed by atoms with Crippen LogP contribution in [0.4, 0.5) is 0 Å². The van der Waals surface area contributed by atoms with Crippen molar-refractivity contribution in [2.75, 3.05) is 7.11 Å². The molecule has 1 atom stereocenters. The van der Waals surface area contributed by atoms with Gasteiger partial charge in [0.15, 0.2) is 0 Å². The number of hydrogen-bond donors (Lipinski definition) is 0. The monoisotopic (exact) mass is 422 g/mol. The molecule has 0 aliphatic heterocycles. The molecular weight excluding hydrogens is 415 g/mol. The zero-order chi connectivity index (χ0) is 14.0. The van der Waals surface area contributed by atoms with E-state index in [1.54, 1.807) is 7.11 Å². The Labute approximate surface area is 139 Å². The molecule has 0 aromatic heterocycles. The van der Waals surface area contributed by atoms with Gasteiger partial charge in [-0.25, -0.2) is 0 Å². The molecule has 1 unspecified atom stereocenters. The second-order valence-corrected chi connectivity index (χ2v) is 6.59. The van der Waals surface area contributed by atoms with Crippen molar-refractivity contribution in [1.82, 2.24) is 0 Å². The lowest BCUT2D eigenvalue weighted by atomic mass is 10.0. The third-order valence-corrected chi connectivity index (χ3v) is 4.48. The Morgan fingerprint density at radius 1 is 1.00 bits per heavy atom. The van der Waals surface area contributed by atoms with Crippen LogP contribution in [-0.2, 0) is 0 Å². The summed E-state index contributed by atoms with van der Waals surface area (Å²) in [5.41, 5.74) is 1.73. The zero-order valence-corrected chi connectivity index (χ0v) is 14.6. The predicted molar refractivity (Wildman–Crippen MR) is 87.5 cm³/mol. The molecule has 0 N–H and O–H groups in total. The summed E-state index contributed by atoms with van der Waals surface area (Å²) in [5.74, 6) is 0.738. The highest BCUT2D eigenvalue weighted by Gasteiger charge is 2.18. The highest BCUT2D eigenvalue weighted by molar-refractivity contribution is 9.10. The fourth-order valence-electron chi connectivity index (χ4n) is 1.78. The second-order valence-electron chi connectivity index (χ2n) is 3.91. The number of benzene rings is 2. The minimum atomic E-state index is -0.368. The van der Waals surface area contributed by atoms with E-state index in [9.17, 15) is 0 Å². The van der Waals surface area contributed by atoms with E-state index in [0.29, 0.717) is 5.02 Å². The van der Waals surface area contributed by atoms with Crippen LogP contribution in [-0.4, -0.2) is 7.11 Å². The van der Waals surface area contributed by atoms with Crippen LogP contribution in [0, 0.1) is 0 Å². The molecule has 0 saturated carbocycles. The van der Waals surface area contributed by atoms with Crippen LogP contribution >= 0.6 is 55.1 Å². The van der Waals surface area contributed by atoms with Gasteiger partial charge in [-0.3, -0.25) is 0 Å². The van der Waals surface area contributed by atoms with E-state index in [1.807, 2.05) is 36.4 Å². The zero-order valence-electron chi connectivity index (χ0n) is 9.96. The maximum absolute atomic E-state index is 6.54. The Morgan fingerprint density at radius 3 is 2.26 bits per heavy atom.